The summed E-state index contributed by atoms with van der Waals surface area (Å²) in [5.41, 5.74) is 5.16. The van der Waals surface area contributed by atoms with Gasteiger partial charge in [-0.2, -0.15) is 0 Å². The summed E-state index contributed by atoms with van der Waals surface area (Å²) >= 11 is 23.5. The molecule has 27 heavy (non-hydrogen) atoms. The predicted octanol–water partition coefficient (Wildman–Crippen LogP) is 7.08. The van der Waals surface area contributed by atoms with Gasteiger partial charge in [-0.3, -0.25) is 10.3 Å². The predicted molar refractivity (Wildman–Crippen MR) is 114 cm³/mol. The Bertz CT molecular complexity index is 631. The van der Waals surface area contributed by atoms with E-state index < -0.39 is 0 Å². The van der Waals surface area contributed by atoms with Crippen molar-refractivity contribution < 1.29 is 14.3 Å². The van der Waals surface area contributed by atoms with Crippen LogP contribution in [0.25, 0.3) is 0 Å². The van der Waals surface area contributed by atoms with Gasteiger partial charge in [-0.1, -0.05) is 52.0 Å². The fourth-order valence-corrected chi connectivity index (χ4v) is 2.55. The molecule has 0 bridgehead atoms. The Morgan fingerprint density at radius 3 is 2.19 bits per heavy atom. The third-order valence-electron chi connectivity index (χ3n) is 3.57. The number of unbranched alkanes of at least 4 members (excludes halogenated alkanes) is 2. The molecule has 0 saturated carbocycles. The minimum absolute atomic E-state index is 0.139. The maximum atomic E-state index is 6.22. The number of hydrogen-bond acceptors (Lipinski definition) is 4. The Labute approximate surface area is 181 Å². The molecule has 0 heterocycles. The molecule has 0 unspecified atom stereocenters. The number of nitrogens with one attached hydrogen (secondary N) is 1. The van der Waals surface area contributed by atoms with Crippen molar-refractivity contribution in [3.63, 3.8) is 0 Å². The largest absolute Gasteiger partial charge is 0.490 e. The molecule has 0 atom stereocenters. The van der Waals surface area contributed by atoms with Gasteiger partial charge in [0.15, 0.2) is 5.75 Å². The molecule has 1 N–H and O–H groups in total. The van der Waals surface area contributed by atoms with Gasteiger partial charge < -0.3 is 9.47 Å². The van der Waals surface area contributed by atoms with Crippen molar-refractivity contribution in [3.8, 4) is 11.5 Å². The van der Waals surface area contributed by atoms with Crippen LogP contribution in [0, 0.1) is 0 Å². The van der Waals surface area contributed by atoms with E-state index in [0.29, 0.717) is 34.8 Å². The molecular formula is C19H25Cl4NO3. The first-order valence-corrected chi connectivity index (χ1v) is 10.1. The minimum atomic E-state index is 0.139. The van der Waals surface area contributed by atoms with Gasteiger partial charge in [0.05, 0.1) is 23.3 Å². The SMILES string of the molecule is CC(C)=C(C)NOCCCCCOc1c(Cl)cc(OCC=C(Cl)Cl)cc1Cl. The normalized spacial score (nSPS) is 10.3. The lowest BCUT2D eigenvalue weighted by Crippen LogP contribution is -2.14. The lowest BCUT2D eigenvalue weighted by atomic mass is 10.2. The summed E-state index contributed by atoms with van der Waals surface area (Å²) in [7, 11) is 0. The van der Waals surface area contributed by atoms with Crippen LogP contribution in [-0.2, 0) is 4.84 Å². The van der Waals surface area contributed by atoms with Crippen LogP contribution in [0.1, 0.15) is 40.0 Å². The molecule has 0 aliphatic heterocycles. The van der Waals surface area contributed by atoms with E-state index in [2.05, 4.69) is 5.48 Å². The number of benzene rings is 1. The fraction of sp³-hybridized carbons (Fsp3) is 0.474. The zero-order valence-corrected chi connectivity index (χ0v) is 18.7. The van der Waals surface area contributed by atoms with Crippen LogP contribution in [-0.4, -0.2) is 19.8 Å². The molecular weight excluding hydrogens is 432 g/mol. The Hall–Kier alpha value is -0.780. The molecule has 0 spiro atoms. The van der Waals surface area contributed by atoms with Gasteiger partial charge in [0.2, 0.25) is 0 Å². The number of hydroxylamine groups is 1. The van der Waals surface area contributed by atoms with Crippen LogP contribution in [0.3, 0.4) is 0 Å². The summed E-state index contributed by atoms with van der Waals surface area (Å²) < 4.78 is 11.3. The van der Waals surface area contributed by atoms with E-state index in [4.69, 9.17) is 60.7 Å². The fourth-order valence-electron chi connectivity index (χ4n) is 1.85. The van der Waals surface area contributed by atoms with E-state index in [9.17, 15) is 0 Å². The van der Waals surface area contributed by atoms with Crippen molar-refractivity contribution in [3.05, 3.63) is 44.0 Å². The lowest BCUT2D eigenvalue weighted by molar-refractivity contribution is 0.0587. The van der Waals surface area contributed by atoms with Crippen LogP contribution in [0.2, 0.25) is 10.0 Å². The van der Waals surface area contributed by atoms with Crippen molar-refractivity contribution in [1.29, 1.82) is 0 Å². The monoisotopic (exact) mass is 455 g/mol. The zero-order valence-electron chi connectivity index (χ0n) is 15.7. The lowest BCUT2D eigenvalue weighted by Gasteiger charge is -2.12. The smallest absolute Gasteiger partial charge is 0.156 e. The molecule has 1 rings (SSSR count). The summed E-state index contributed by atoms with van der Waals surface area (Å²) in [5.74, 6) is 0.966. The summed E-state index contributed by atoms with van der Waals surface area (Å²) in [5, 5.41) is 0.784. The molecule has 0 radical (unpaired) electrons. The number of ether oxygens (including phenoxy) is 2. The molecule has 8 heteroatoms. The Morgan fingerprint density at radius 2 is 1.59 bits per heavy atom. The Kier molecular flexibility index (Phi) is 12.0. The molecule has 0 aliphatic carbocycles. The van der Waals surface area contributed by atoms with Crippen LogP contribution in [0.4, 0.5) is 0 Å². The second-order valence-corrected chi connectivity index (χ2v) is 7.83. The molecule has 152 valence electrons. The summed E-state index contributed by atoms with van der Waals surface area (Å²) in [6.45, 7) is 7.43. The summed E-state index contributed by atoms with van der Waals surface area (Å²) in [6, 6.07) is 3.29. The summed E-state index contributed by atoms with van der Waals surface area (Å²) in [4.78, 5) is 5.39. The van der Waals surface area contributed by atoms with E-state index in [1.165, 1.54) is 11.6 Å². The van der Waals surface area contributed by atoms with Crippen molar-refractivity contribution >= 4 is 46.4 Å². The Morgan fingerprint density at radius 1 is 0.963 bits per heavy atom. The van der Waals surface area contributed by atoms with Gasteiger partial charge in [-0.15, -0.1) is 0 Å². The molecule has 0 saturated heterocycles. The van der Waals surface area contributed by atoms with E-state index in [0.717, 1.165) is 25.0 Å². The highest BCUT2D eigenvalue weighted by Gasteiger charge is 2.10. The van der Waals surface area contributed by atoms with Gasteiger partial charge in [0.1, 0.15) is 16.8 Å². The van der Waals surface area contributed by atoms with Crippen LogP contribution in [0.15, 0.2) is 34.0 Å². The topological polar surface area (TPSA) is 39.7 Å². The minimum Gasteiger partial charge on any atom is -0.490 e. The van der Waals surface area contributed by atoms with Crippen LogP contribution in [0.5, 0.6) is 11.5 Å². The zero-order chi connectivity index (χ0) is 20.2. The van der Waals surface area contributed by atoms with Gasteiger partial charge >= 0.3 is 0 Å². The average molecular weight is 457 g/mol. The van der Waals surface area contributed by atoms with E-state index in [-0.39, 0.29) is 11.1 Å². The molecule has 1 aromatic rings. The third kappa shape index (κ3) is 10.4. The molecule has 0 amide bonds. The first kappa shape index (κ1) is 24.3. The second kappa shape index (κ2) is 13.4. The van der Waals surface area contributed by atoms with Crippen molar-refractivity contribution in [2.75, 3.05) is 19.8 Å². The number of rotatable bonds is 12. The highest BCUT2D eigenvalue weighted by molar-refractivity contribution is 6.55. The van der Waals surface area contributed by atoms with Crippen molar-refractivity contribution in [2.24, 2.45) is 0 Å². The number of halogens is 4. The highest BCUT2D eigenvalue weighted by Crippen LogP contribution is 2.37. The van der Waals surface area contributed by atoms with Crippen molar-refractivity contribution in [2.45, 2.75) is 40.0 Å². The first-order valence-electron chi connectivity index (χ1n) is 8.59. The van der Waals surface area contributed by atoms with Gasteiger partial charge in [0, 0.05) is 17.8 Å². The molecule has 0 aliphatic rings. The van der Waals surface area contributed by atoms with Gasteiger partial charge in [-0.25, -0.2) is 0 Å². The molecule has 1 aromatic carbocycles. The first-order chi connectivity index (χ1) is 12.8. The highest BCUT2D eigenvalue weighted by atomic mass is 35.5. The van der Waals surface area contributed by atoms with E-state index >= 15 is 0 Å². The Balaban J connectivity index is 2.30. The quantitative estimate of drug-likeness (QED) is 0.269. The van der Waals surface area contributed by atoms with Crippen LogP contribution >= 0.6 is 46.4 Å². The van der Waals surface area contributed by atoms with Gasteiger partial charge in [-0.05, 0) is 46.1 Å². The summed E-state index contributed by atoms with van der Waals surface area (Å²) in [6.07, 6.45) is 4.29. The van der Waals surface area contributed by atoms with E-state index in [1.807, 2.05) is 20.8 Å². The van der Waals surface area contributed by atoms with Crippen molar-refractivity contribution in [1.82, 2.24) is 5.48 Å². The molecule has 0 aromatic heterocycles. The maximum Gasteiger partial charge on any atom is 0.156 e. The standard InChI is InChI=1S/C19H25Cl4NO3/c1-13(2)14(3)24-27-9-6-4-5-8-26-19-16(20)11-15(12-17(19)21)25-10-7-18(22)23/h7,11-12,24H,4-6,8-10H2,1-3H3. The van der Waals surface area contributed by atoms with E-state index in [1.54, 1.807) is 12.1 Å². The third-order valence-corrected chi connectivity index (χ3v) is 4.44. The number of hydrogen-bond donors (Lipinski definition) is 1. The molecule has 0 fully saturated rings. The van der Waals surface area contributed by atoms with Crippen LogP contribution < -0.4 is 15.0 Å². The average Bonchev–Trinajstić information content (AvgIpc) is 2.58. The van der Waals surface area contributed by atoms with Gasteiger partial charge in [0.25, 0.3) is 0 Å². The number of allylic oxidation sites excluding steroid dienone is 2. The molecule has 4 nitrogen and oxygen atoms in total. The maximum absolute atomic E-state index is 6.22. The second-order valence-electron chi connectivity index (χ2n) is 6.01.